The van der Waals surface area contributed by atoms with Crippen molar-refractivity contribution in [3.63, 3.8) is 0 Å². The number of likely N-dealkylation sites (tertiary alicyclic amines) is 1. The zero-order chi connectivity index (χ0) is 15.2. The minimum atomic E-state index is 0.00216. The topological polar surface area (TPSA) is 32.3 Å². The van der Waals surface area contributed by atoms with Gasteiger partial charge < -0.3 is 5.32 Å². The van der Waals surface area contributed by atoms with Crippen LogP contribution in [0.3, 0.4) is 0 Å². The van der Waals surface area contributed by atoms with Gasteiger partial charge in [0.25, 0.3) is 0 Å². The molecule has 1 aliphatic heterocycles. The van der Waals surface area contributed by atoms with E-state index in [4.69, 9.17) is 23.2 Å². The first-order valence-electron chi connectivity index (χ1n) is 7.50. The molecule has 5 heteroatoms. The van der Waals surface area contributed by atoms with Crippen LogP contribution in [0.5, 0.6) is 0 Å². The largest absolute Gasteiger partial charge is 0.354 e. The molecule has 1 heterocycles. The third kappa shape index (κ3) is 4.60. The summed E-state index contributed by atoms with van der Waals surface area (Å²) in [6.07, 6.45) is 5.16. The van der Waals surface area contributed by atoms with Crippen LogP contribution in [0.1, 0.15) is 31.2 Å². The van der Waals surface area contributed by atoms with Gasteiger partial charge in [0.15, 0.2) is 0 Å². The highest BCUT2D eigenvalue weighted by molar-refractivity contribution is 6.42. The minimum absolute atomic E-state index is 0.00216. The highest BCUT2D eigenvalue weighted by Gasteiger charge is 2.24. The molecule has 116 valence electrons. The zero-order valence-corrected chi connectivity index (χ0v) is 13.9. The van der Waals surface area contributed by atoms with E-state index in [0.29, 0.717) is 23.0 Å². The Morgan fingerprint density at radius 1 is 1.33 bits per heavy atom. The molecule has 0 aliphatic carbocycles. The number of carbonyl (C=O) groups excluding carboxylic acids is 1. The van der Waals surface area contributed by atoms with E-state index in [1.54, 1.807) is 6.07 Å². The standard InChI is InChI=1S/C16H22Cl2N2O/c1-20-11-4-2-3-8-14(20)16(21)19-10-9-12-6-5-7-13(17)15(12)18/h5-7,14H,2-4,8-11H2,1H3,(H,19,21). The average Bonchev–Trinajstić information content (AvgIpc) is 2.68. The summed E-state index contributed by atoms with van der Waals surface area (Å²) in [5.41, 5.74) is 0.971. The number of carbonyl (C=O) groups is 1. The zero-order valence-electron chi connectivity index (χ0n) is 12.4. The maximum atomic E-state index is 12.3. The molecule has 3 nitrogen and oxygen atoms in total. The van der Waals surface area contributed by atoms with Crippen LogP contribution in [0, 0.1) is 0 Å². The van der Waals surface area contributed by atoms with Gasteiger partial charge in [-0.3, -0.25) is 9.69 Å². The first-order valence-corrected chi connectivity index (χ1v) is 8.26. The van der Waals surface area contributed by atoms with Gasteiger partial charge in [-0.1, -0.05) is 48.2 Å². The van der Waals surface area contributed by atoms with Gasteiger partial charge in [-0.25, -0.2) is 0 Å². The Balaban J connectivity index is 1.85. The van der Waals surface area contributed by atoms with Crippen LogP contribution >= 0.6 is 23.2 Å². The highest BCUT2D eigenvalue weighted by atomic mass is 35.5. The van der Waals surface area contributed by atoms with Crippen molar-refractivity contribution in [3.05, 3.63) is 33.8 Å². The van der Waals surface area contributed by atoms with Crippen molar-refractivity contribution < 1.29 is 4.79 Å². The SMILES string of the molecule is CN1CCCCCC1C(=O)NCCc1cccc(Cl)c1Cl. The van der Waals surface area contributed by atoms with Gasteiger partial charge in [0, 0.05) is 6.54 Å². The molecule has 1 saturated heterocycles. The van der Waals surface area contributed by atoms with Crippen LogP contribution in [0.4, 0.5) is 0 Å². The number of hydrogen-bond acceptors (Lipinski definition) is 2. The predicted molar refractivity (Wildman–Crippen MR) is 88.1 cm³/mol. The van der Waals surface area contributed by atoms with E-state index in [2.05, 4.69) is 10.2 Å². The second-order valence-corrected chi connectivity index (χ2v) is 6.38. The molecule has 0 spiro atoms. The van der Waals surface area contributed by atoms with Crippen molar-refractivity contribution in [3.8, 4) is 0 Å². The van der Waals surface area contributed by atoms with Gasteiger partial charge in [0.2, 0.25) is 5.91 Å². The first-order chi connectivity index (χ1) is 10.1. The Labute approximate surface area is 136 Å². The Bertz CT molecular complexity index is 493. The molecule has 1 amide bonds. The van der Waals surface area contributed by atoms with Crippen molar-refractivity contribution in [2.75, 3.05) is 20.1 Å². The molecule has 1 N–H and O–H groups in total. The number of rotatable bonds is 4. The maximum absolute atomic E-state index is 12.3. The lowest BCUT2D eigenvalue weighted by molar-refractivity contribution is -0.126. The van der Waals surface area contributed by atoms with Crippen LogP contribution in [0.25, 0.3) is 0 Å². The quantitative estimate of drug-likeness (QED) is 0.917. The number of hydrogen-bond donors (Lipinski definition) is 1. The van der Waals surface area contributed by atoms with Crippen molar-refractivity contribution in [2.24, 2.45) is 0 Å². The van der Waals surface area contributed by atoms with E-state index in [-0.39, 0.29) is 11.9 Å². The number of benzene rings is 1. The molecule has 0 radical (unpaired) electrons. The van der Waals surface area contributed by atoms with E-state index >= 15 is 0 Å². The molecule has 1 fully saturated rings. The number of nitrogens with one attached hydrogen (secondary N) is 1. The molecule has 1 aromatic rings. The van der Waals surface area contributed by atoms with Crippen molar-refractivity contribution in [1.29, 1.82) is 0 Å². The third-order valence-corrected chi connectivity index (χ3v) is 4.91. The van der Waals surface area contributed by atoms with Gasteiger partial charge in [0.1, 0.15) is 0 Å². The molecular formula is C16H22Cl2N2O. The van der Waals surface area contributed by atoms with Gasteiger partial charge in [0.05, 0.1) is 16.1 Å². The van der Waals surface area contributed by atoms with Crippen LogP contribution in [0.15, 0.2) is 18.2 Å². The monoisotopic (exact) mass is 328 g/mol. The van der Waals surface area contributed by atoms with Crippen LogP contribution in [-0.2, 0) is 11.2 Å². The normalized spacial score (nSPS) is 20.0. The summed E-state index contributed by atoms with van der Waals surface area (Å²) in [7, 11) is 2.03. The molecule has 0 aromatic heterocycles. The summed E-state index contributed by atoms with van der Waals surface area (Å²) in [6.45, 7) is 1.58. The summed E-state index contributed by atoms with van der Waals surface area (Å²) in [5.74, 6) is 0.123. The van der Waals surface area contributed by atoms with Crippen LogP contribution in [-0.4, -0.2) is 37.0 Å². The fraction of sp³-hybridized carbons (Fsp3) is 0.562. The Morgan fingerprint density at radius 2 is 2.14 bits per heavy atom. The van der Waals surface area contributed by atoms with Crippen molar-refractivity contribution in [2.45, 2.75) is 38.1 Å². The molecular weight excluding hydrogens is 307 g/mol. The lowest BCUT2D eigenvalue weighted by atomic mass is 10.1. The molecule has 2 rings (SSSR count). The molecule has 21 heavy (non-hydrogen) atoms. The minimum Gasteiger partial charge on any atom is -0.354 e. The second kappa shape index (κ2) is 8.02. The van der Waals surface area contributed by atoms with Crippen LogP contribution in [0.2, 0.25) is 10.0 Å². The Morgan fingerprint density at radius 3 is 2.95 bits per heavy atom. The lowest BCUT2D eigenvalue weighted by Crippen LogP contribution is -2.45. The number of halogens is 2. The summed E-state index contributed by atoms with van der Waals surface area (Å²) in [5, 5.41) is 4.17. The number of nitrogens with zero attached hydrogens (tertiary/aromatic N) is 1. The average molecular weight is 329 g/mol. The molecule has 1 unspecified atom stereocenters. The molecule has 0 saturated carbocycles. The lowest BCUT2D eigenvalue weighted by Gasteiger charge is -2.24. The smallest absolute Gasteiger partial charge is 0.237 e. The van der Waals surface area contributed by atoms with Crippen molar-refractivity contribution >= 4 is 29.1 Å². The fourth-order valence-electron chi connectivity index (χ4n) is 2.76. The van der Waals surface area contributed by atoms with E-state index in [9.17, 15) is 4.79 Å². The summed E-state index contributed by atoms with van der Waals surface area (Å²) in [6, 6.07) is 5.59. The van der Waals surface area contributed by atoms with Gasteiger partial charge in [-0.2, -0.15) is 0 Å². The Kier molecular flexibility index (Phi) is 6.34. The second-order valence-electron chi connectivity index (χ2n) is 5.60. The summed E-state index contributed by atoms with van der Waals surface area (Å²) >= 11 is 12.1. The summed E-state index contributed by atoms with van der Waals surface area (Å²) in [4.78, 5) is 14.5. The molecule has 1 aliphatic rings. The fourth-order valence-corrected chi connectivity index (χ4v) is 3.18. The predicted octanol–water partition coefficient (Wildman–Crippen LogP) is 3.53. The van der Waals surface area contributed by atoms with E-state index in [0.717, 1.165) is 24.9 Å². The van der Waals surface area contributed by atoms with Crippen molar-refractivity contribution in [1.82, 2.24) is 10.2 Å². The van der Waals surface area contributed by atoms with Gasteiger partial charge >= 0.3 is 0 Å². The summed E-state index contributed by atoms with van der Waals surface area (Å²) < 4.78 is 0. The van der Waals surface area contributed by atoms with Gasteiger partial charge in [-0.15, -0.1) is 0 Å². The van der Waals surface area contributed by atoms with E-state index in [1.165, 1.54) is 12.8 Å². The highest BCUT2D eigenvalue weighted by Crippen LogP contribution is 2.25. The van der Waals surface area contributed by atoms with Crippen LogP contribution < -0.4 is 5.32 Å². The first kappa shape index (κ1) is 16.6. The van der Waals surface area contributed by atoms with Gasteiger partial charge in [-0.05, 0) is 44.5 Å². The maximum Gasteiger partial charge on any atom is 0.237 e. The Hall–Kier alpha value is -0.770. The molecule has 1 aromatic carbocycles. The molecule has 0 bridgehead atoms. The third-order valence-electron chi connectivity index (χ3n) is 4.05. The van der Waals surface area contributed by atoms with E-state index in [1.807, 2.05) is 19.2 Å². The number of amides is 1. The van der Waals surface area contributed by atoms with E-state index < -0.39 is 0 Å². The molecule has 1 atom stereocenters. The number of likely N-dealkylation sites (N-methyl/N-ethyl adjacent to an activating group) is 1.